The molecule has 0 aliphatic heterocycles. The number of benzene rings is 1. The molecule has 2 aromatic heterocycles. The molecule has 0 N–H and O–H groups in total. The van der Waals surface area contributed by atoms with E-state index < -0.39 is 0 Å². The highest BCUT2D eigenvalue weighted by molar-refractivity contribution is 6.36. The van der Waals surface area contributed by atoms with Gasteiger partial charge in [-0.25, -0.2) is 9.97 Å². The molecule has 2 heterocycles. The highest BCUT2D eigenvalue weighted by atomic mass is 35.5. The average molecular weight is 392 g/mol. The van der Waals surface area contributed by atoms with Gasteiger partial charge in [-0.1, -0.05) is 29.3 Å². The number of aromatic nitrogens is 3. The Morgan fingerprint density at radius 2 is 1.96 bits per heavy atom. The number of hydrogen-bond acceptors (Lipinski definition) is 4. The highest BCUT2D eigenvalue weighted by Crippen LogP contribution is 2.33. The van der Waals surface area contributed by atoms with Gasteiger partial charge in [-0.2, -0.15) is 0 Å². The van der Waals surface area contributed by atoms with Gasteiger partial charge in [0.1, 0.15) is 11.2 Å². The Labute approximate surface area is 161 Å². The van der Waals surface area contributed by atoms with Crippen LogP contribution in [0.1, 0.15) is 18.5 Å². The maximum absolute atomic E-state index is 12.6. The van der Waals surface area contributed by atoms with Gasteiger partial charge in [0.15, 0.2) is 5.65 Å². The van der Waals surface area contributed by atoms with E-state index >= 15 is 0 Å². The molecule has 0 bridgehead atoms. The number of aryl methyl sites for hydroxylation is 2. The van der Waals surface area contributed by atoms with Crippen LogP contribution in [0.4, 0.5) is 0 Å². The van der Waals surface area contributed by atoms with Crippen molar-refractivity contribution in [2.45, 2.75) is 26.3 Å². The van der Waals surface area contributed by atoms with E-state index in [2.05, 4.69) is 9.97 Å². The maximum Gasteiger partial charge on any atom is 0.273 e. The molecule has 3 aromatic rings. The second-order valence-electron chi connectivity index (χ2n) is 6.01. The monoisotopic (exact) mass is 391 g/mol. The van der Waals surface area contributed by atoms with E-state index in [1.807, 2.05) is 12.1 Å². The average Bonchev–Trinajstić information content (AvgIpc) is 2.61. The molecule has 0 aliphatic rings. The minimum absolute atomic E-state index is 0.123. The smallest absolute Gasteiger partial charge is 0.273 e. The lowest BCUT2D eigenvalue weighted by Gasteiger charge is -2.13. The number of ether oxygens (including phenoxy) is 1. The molecule has 5 nitrogen and oxygen atoms in total. The van der Waals surface area contributed by atoms with Gasteiger partial charge < -0.3 is 4.74 Å². The summed E-state index contributed by atoms with van der Waals surface area (Å²) < 4.78 is 6.76. The molecule has 0 atom stereocenters. The van der Waals surface area contributed by atoms with E-state index in [9.17, 15) is 4.79 Å². The molecular formula is C19H19Cl2N3O2. The quantitative estimate of drug-likeness (QED) is 0.580. The van der Waals surface area contributed by atoms with Gasteiger partial charge in [0.05, 0.1) is 0 Å². The number of halogens is 2. The predicted octanol–water partition coefficient (Wildman–Crippen LogP) is 4.50. The number of unbranched alkanes of at least 4 members (excludes halogenated alkanes) is 1. The van der Waals surface area contributed by atoms with E-state index in [1.54, 1.807) is 36.9 Å². The SMILES string of the molecule is COCCCCn1c(=O)c(C)nc2c(-c3ccc(Cl)cc3Cl)ccnc21. The van der Waals surface area contributed by atoms with Gasteiger partial charge in [-0.3, -0.25) is 9.36 Å². The minimum atomic E-state index is -0.123. The van der Waals surface area contributed by atoms with Gasteiger partial charge in [0.25, 0.3) is 5.56 Å². The molecule has 26 heavy (non-hydrogen) atoms. The van der Waals surface area contributed by atoms with Crippen LogP contribution in [0, 0.1) is 6.92 Å². The first kappa shape index (κ1) is 18.8. The fourth-order valence-electron chi connectivity index (χ4n) is 2.91. The van der Waals surface area contributed by atoms with Crippen molar-refractivity contribution in [3.8, 4) is 11.1 Å². The number of rotatable bonds is 6. The van der Waals surface area contributed by atoms with Crippen molar-refractivity contribution in [2.75, 3.05) is 13.7 Å². The Morgan fingerprint density at radius 3 is 2.69 bits per heavy atom. The molecule has 136 valence electrons. The summed E-state index contributed by atoms with van der Waals surface area (Å²) in [6.07, 6.45) is 3.36. The summed E-state index contributed by atoms with van der Waals surface area (Å²) in [5.74, 6) is 0. The Kier molecular flexibility index (Phi) is 5.91. The Balaban J connectivity index is 2.15. The first-order chi connectivity index (χ1) is 12.5. The summed E-state index contributed by atoms with van der Waals surface area (Å²) in [5.41, 5.74) is 3.15. The molecular weight excluding hydrogens is 373 g/mol. The first-order valence-electron chi connectivity index (χ1n) is 8.33. The van der Waals surface area contributed by atoms with Gasteiger partial charge in [0.2, 0.25) is 0 Å². The van der Waals surface area contributed by atoms with Gasteiger partial charge in [-0.15, -0.1) is 0 Å². The molecule has 1 aromatic carbocycles. The van der Waals surface area contributed by atoms with Gasteiger partial charge in [-0.05, 0) is 38.0 Å². The summed E-state index contributed by atoms with van der Waals surface area (Å²) in [4.78, 5) is 21.5. The van der Waals surface area contributed by atoms with E-state index in [4.69, 9.17) is 27.9 Å². The van der Waals surface area contributed by atoms with Crippen LogP contribution < -0.4 is 5.56 Å². The van der Waals surface area contributed by atoms with Crippen LogP contribution in [0.3, 0.4) is 0 Å². The zero-order chi connectivity index (χ0) is 18.7. The fourth-order valence-corrected chi connectivity index (χ4v) is 3.42. The topological polar surface area (TPSA) is 57.0 Å². The van der Waals surface area contributed by atoms with Crippen molar-refractivity contribution < 1.29 is 4.74 Å². The zero-order valence-corrected chi connectivity index (χ0v) is 16.1. The van der Waals surface area contributed by atoms with Crippen molar-refractivity contribution in [3.63, 3.8) is 0 Å². The summed E-state index contributed by atoms with van der Waals surface area (Å²) in [7, 11) is 1.67. The Hall–Kier alpha value is -1.95. The normalized spacial score (nSPS) is 11.2. The van der Waals surface area contributed by atoms with Gasteiger partial charge in [0, 0.05) is 47.6 Å². The van der Waals surface area contributed by atoms with Crippen LogP contribution in [-0.4, -0.2) is 28.3 Å². The number of hydrogen-bond donors (Lipinski definition) is 0. The molecule has 0 fully saturated rings. The molecule has 0 saturated carbocycles. The minimum Gasteiger partial charge on any atom is -0.385 e. The van der Waals surface area contributed by atoms with E-state index in [-0.39, 0.29) is 5.56 Å². The third-order valence-corrected chi connectivity index (χ3v) is 4.74. The number of nitrogens with zero attached hydrogens (tertiary/aromatic N) is 3. The van der Waals surface area contributed by atoms with E-state index in [1.165, 1.54) is 0 Å². The zero-order valence-electron chi connectivity index (χ0n) is 14.6. The second-order valence-corrected chi connectivity index (χ2v) is 6.85. The number of pyridine rings is 1. The van der Waals surface area contributed by atoms with Crippen LogP contribution in [0.2, 0.25) is 10.0 Å². The lowest BCUT2D eigenvalue weighted by molar-refractivity contribution is 0.191. The van der Waals surface area contributed by atoms with Crippen LogP contribution in [0.5, 0.6) is 0 Å². The predicted molar refractivity (Wildman–Crippen MR) is 105 cm³/mol. The number of fused-ring (bicyclic) bond motifs is 1. The third kappa shape index (κ3) is 3.75. The lowest BCUT2D eigenvalue weighted by Crippen LogP contribution is -2.25. The van der Waals surface area contributed by atoms with Crippen molar-refractivity contribution in [2.24, 2.45) is 0 Å². The molecule has 0 saturated heterocycles. The fraction of sp³-hybridized carbons (Fsp3) is 0.316. The molecule has 3 rings (SSSR count). The molecule has 0 amide bonds. The summed E-state index contributed by atoms with van der Waals surface area (Å²) in [5, 5.41) is 1.10. The lowest BCUT2D eigenvalue weighted by atomic mass is 10.1. The largest absolute Gasteiger partial charge is 0.385 e. The summed E-state index contributed by atoms with van der Waals surface area (Å²) >= 11 is 12.4. The van der Waals surface area contributed by atoms with Crippen LogP contribution >= 0.6 is 23.2 Å². The molecule has 0 spiro atoms. The Bertz CT molecular complexity index is 1000. The summed E-state index contributed by atoms with van der Waals surface area (Å²) in [6.45, 7) is 2.94. The van der Waals surface area contributed by atoms with Crippen LogP contribution in [0.15, 0.2) is 35.3 Å². The highest BCUT2D eigenvalue weighted by Gasteiger charge is 2.15. The molecule has 0 aliphatic carbocycles. The van der Waals surface area contributed by atoms with Crippen molar-refractivity contribution in [1.29, 1.82) is 0 Å². The third-order valence-electron chi connectivity index (χ3n) is 4.20. The van der Waals surface area contributed by atoms with Crippen molar-refractivity contribution >= 4 is 34.4 Å². The van der Waals surface area contributed by atoms with Crippen molar-refractivity contribution in [1.82, 2.24) is 14.5 Å². The van der Waals surface area contributed by atoms with Crippen LogP contribution in [-0.2, 0) is 11.3 Å². The van der Waals surface area contributed by atoms with E-state index in [0.29, 0.717) is 40.1 Å². The van der Waals surface area contributed by atoms with Crippen LogP contribution in [0.25, 0.3) is 22.3 Å². The van der Waals surface area contributed by atoms with Gasteiger partial charge >= 0.3 is 0 Å². The first-order valence-corrected chi connectivity index (χ1v) is 9.09. The molecule has 0 radical (unpaired) electrons. The van der Waals surface area contributed by atoms with Crippen molar-refractivity contribution in [3.05, 3.63) is 56.6 Å². The number of methoxy groups -OCH3 is 1. The summed E-state index contributed by atoms with van der Waals surface area (Å²) in [6, 6.07) is 7.18. The van der Waals surface area contributed by atoms with E-state index in [0.717, 1.165) is 24.0 Å². The molecule has 0 unspecified atom stereocenters. The maximum atomic E-state index is 12.6. The second kappa shape index (κ2) is 8.16. The molecule has 7 heteroatoms. The standard InChI is InChI=1S/C19H19Cl2N3O2/c1-12-19(25)24(9-3-4-10-26-2)18-17(23-12)15(7-8-22-18)14-6-5-13(20)11-16(14)21/h5-8,11H,3-4,9-10H2,1-2H3. The Morgan fingerprint density at radius 1 is 1.15 bits per heavy atom.